The number of ether oxygens (including phenoxy) is 1. The first-order valence-corrected chi connectivity index (χ1v) is 10.2. The van der Waals surface area contributed by atoms with E-state index in [0.717, 1.165) is 42.9 Å². The fraction of sp³-hybridized carbons (Fsp3) is 0.556. The minimum atomic E-state index is -0.0953. The van der Waals surface area contributed by atoms with Crippen LogP contribution in [0.15, 0.2) is 38.6 Å². The summed E-state index contributed by atoms with van der Waals surface area (Å²) in [6.07, 6.45) is 1.63. The minimum Gasteiger partial charge on any atom is -0.469 e. The number of piperidine rings is 1. The van der Waals surface area contributed by atoms with Gasteiger partial charge in [-0.05, 0) is 37.1 Å². The maximum atomic E-state index is 11.6. The molecule has 0 spiro atoms. The van der Waals surface area contributed by atoms with Gasteiger partial charge in [-0.1, -0.05) is 22.9 Å². The number of likely N-dealkylation sites (tertiary alicyclic amines) is 1. The SMILES string of the molecule is CN=C(NCC(C)Sc1ccc(Br)cc1)N1CCC(C(=O)OC)CC1. The second-order valence-electron chi connectivity index (χ2n) is 6.09. The van der Waals surface area contributed by atoms with Gasteiger partial charge >= 0.3 is 5.97 Å². The molecule has 0 amide bonds. The van der Waals surface area contributed by atoms with Gasteiger partial charge in [0.05, 0.1) is 13.0 Å². The molecule has 1 fully saturated rings. The zero-order valence-electron chi connectivity index (χ0n) is 15.0. The van der Waals surface area contributed by atoms with Crippen molar-refractivity contribution < 1.29 is 9.53 Å². The lowest BCUT2D eigenvalue weighted by Gasteiger charge is -2.33. The monoisotopic (exact) mass is 427 g/mol. The van der Waals surface area contributed by atoms with Gasteiger partial charge in [0.15, 0.2) is 5.96 Å². The van der Waals surface area contributed by atoms with Crippen LogP contribution < -0.4 is 5.32 Å². The summed E-state index contributed by atoms with van der Waals surface area (Å²) in [5.74, 6) is 0.833. The van der Waals surface area contributed by atoms with Gasteiger partial charge < -0.3 is 15.0 Å². The molecule has 7 heteroatoms. The number of guanidine groups is 1. The lowest BCUT2D eigenvalue weighted by molar-refractivity contribution is -0.146. The summed E-state index contributed by atoms with van der Waals surface area (Å²) in [4.78, 5) is 19.5. The maximum Gasteiger partial charge on any atom is 0.308 e. The Bertz CT molecular complexity index is 586. The molecule has 138 valence electrons. The van der Waals surface area contributed by atoms with Gasteiger partial charge in [0.2, 0.25) is 0 Å². The number of thioether (sulfide) groups is 1. The van der Waals surface area contributed by atoms with Crippen LogP contribution in [0.25, 0.3) is 0 Å². The van der Waals surface area contributed by atoms with E-state index in [0.29, 0.717) is 5.25 Å². The highest BCUT2D eigenvalue weighted by Crippen LogP contribution is 2.24. The van der Waals surface area contributed by atoms with Crippen LogP contribution in [0, 0.1) is 5.92 Å². The molecule has 1 aliphatic heterocycles. The van der Waals surface area contributed by atoms with Crippen molar-refractivity contribution in [2.24, 2.45) is 10.9 Å². The normalized spacial score (nSPS) is 17.3. The smallest absolute Gasteiger partial charge is 0.308 e. The molecule has 0 radical (unpaired) electrons. The number of rotatable bonds is 5. The Hall–Kier alpha value is -1.21. The summed E-state index contributed by atoms with van der Waals surface area (Å²) >= 11 is 5.30. The predicted molar refractivity (Wildman–Crippen MR) is 107 cm³/mol. The molecular formula is C18H26BrN3O2S. The number of nitrogens with one attached hydrogen (secondary N) is 1. The largest absolute Gasteiger partial charge is 0.469 e. The number of aliphatic imine (C=N–C) groups is 1. The van der Waals surface area contributed by atoms with Crippen molar-refractivity contribution in [2.75, 3.05) is 33.8 Å². The van der Waals surface area contributed by atoms with Gasteiger partial charge in [0, 0.05) is 41.3 Å². The number of hydrogen-bond donors (Lipinski definition) is 1. The number of carbonyl (C=O) groups excluding carboxylic acids is 1. The second kappa shape index (κ2) is 10.1. The number of halogens is 1. The molecule has 0 aliphatic carbocycles. The van der Waals surface area contributed by atoms with Crippen LogP contribution in [0.3, 0.4) is 0 Å². The molecule has 1 heterocycles. The van der Waals surface area contributed by atoms with Crippen LogP contribution >= 0.6 is 27.7 Å². The lowest BCUT2D eigenvalue weighted by atomic mass is 9.97. The first-order chi connectivity index (χ1) is 12.0. The van der Waals surface area contributed by atoms with Crippen molar-refractivity contribution >= 4 is 39.6 Å². The van der Waals surface area contributed by atoms with E-state index in [1.54, 1.807) is 7.05 Å². The Morgan fingerprint density at radius 1 is 1.40 bits per heavy atom. The third-order valence-corrected chi connectivity index (χ3v) is 5.88. The van der Waals surface area contributed by atoms with Crippen molar-refractivity contribution in [3.63, 3.8) is 0 Å². The molecule has 1 N–H and O–H groups in total. The van der Waals surface area contributed by atoms with Gasteiger partial charge in [0.1, 0.15) is 0 Å². The molecule has 0 saturated carbocycles. The van der Waals surface area contributed by atoms with E-state index in [1.165, 1.54) is 12.0 Å². The van der Waals surface area contributed by atoms with Gasteiger partial charge in [-0.2, -0.15) is 0 Å². The first-order valence-electron chi connectivity index (χ1n) is 8.49. The van der Waals surface area contributed by atoms with E-state index in [-0.39, 0.29) is 11.9 Å². The van der Waals surface area contributed by atoms with Gasteiger partial charge in [-0.3, -0.25) is 9.79 Å². The summed E-state index contributed by atoms with van der Waals surface area (Å²) in [6, 6.07) is 8.37. The quantitative estimate of drug-likeness (QED) is 0.337. The van der Waals surface area contributed by atoms with E-state index < -0.39 is 0 Å². The van der Waals surface area contributed by atoms with Crippen LogP contribution in [0.5, 0.6) is 0 Å². The Balaban J connectivity index is 1.78. The number of hydrogen-bond acceptors (Lipinski definition) is 4. The van der Waals surface area contributed by atoms with Crippen LogP contribution in [-0.2, 0) is 9.53 Å². The van der Waals surface area contributed by atoms with Crippen LogP contribution in [-0.4, -0.2) is 55.9 Å². The van der Waals surface area contributed by atoms with E-state index in [9.17, 15) is 4.79 Å². The molecule has 2 rings (SSSR count). The summed E-state index contributed by atoms with van der Waals surface area (Å²) in [5.41, 5.74) is 0. The zero-order chi connectivity index (χ0) is 18.2. The molecule has 1 saturated heterocycles. The highest BCUT2D eigenvalue weighted by atomic mass is 79.9. The van der Waals surface area contributed by atoms with E-state index in [4.69, 9.17) is 4.74 Å². The Labute approximate surface area is 162 Å². The molecule has 1 aromatic carbocycles. The van der Waals surface area contributed by atoms with Gasteiger partial charge in [0.25, 0.3) is 0 Å². The van der Waals surface area contributed by atoms with Crippen LogP contribution in [0.2, 0.25) is 0 Å². The second-order valence-corrected chi connectivity index (χ2v) is 8.52. The fourth-order valence-electron chi connectivity index (χ4n) is 2.85. The van der Waals surface area contributed by atoms with E-state index in [1.807, 2.05) is 11.8 Å². The third-order valence-electron chi connectivity index (χ3n) is 4.24. The molecule has 1 unspecified atom stereocenters. The van der Waals surface area contributed by atoms with Gasteiger partial charge in [-0.25, -0.2) is 0 Å². The summed E-state index contributed by atoms with van der Waals surface area (Å²) in [6.45, 7) is 4.70. The molecule has 1 atom stereocenters. The van der Waals surface area contributed by atoms with Crippen molar-refractivity contribution in [3.05, 3.63) is 28.7 Å². The summed E-state index contributed by atoms with van der Waals surface area (Å²) in [7, 11) is 3.26. The summed E-state index contributed by atoms with van der Waals surface area (Å²) in [5, 5.41) is 3.88. The fourth-order valence-corrected chi connectivity index (χ4v) is 4.04. The molecular weight excluding hydrogens is 402 g/mol. The Morgan fingerprint density at radius 3 is 2.60 bits per heavy atom. The van der Waals surface area contributed by atoms with Crippen LogP contribution in [0.1, 0.15) is 19.8 Å². The molecule has 0 bridgehead atoms. The predicted octanol–water partition coefficient (Wildman–Crippen LogP) is 3.39. The Kier molecular flexibility index (Phi) is 8.09. The van der Waals surface area contributed by atoms with E-state index >= 15 is 0 Å². The number of nitrogens with zero attached hydrogens (tertiary/aromatic N) is 2. The molecule has 0 aromatic heterocycles. The number of benzene rings is 1. The number of esters is 1. The highest BCUT2D eigenvalue weighted by Gasteiger charge is 2.27. The maximum absolute atomic E-state index is 11.6. The highest BCUT2D eigenvalue weighted by molar-refractivity contribution is 9.10. The summed E-state index contributed by atoms with van der Waals surface area (Å²) < 4.78 is 5.94. The first kappa shape index (κ1) is 20.1. The third kappa shape index (κ3) is 6.22. The lowest BCUT2D eigenvalue weighted by Crippen LogP contribution is -2.47. The minimum absolute atomic E-state index is 0.0197. The number of carbonyl (C=O) groups is 1. The average Bonchev–Trinajstić information content (AvgIpc) is 2.64. The van der Waals surface area contributed by atoms with Crippen LogP contribution in [0.4, 0.5) is 0 Å². The van der Waals surface area contributed by atoms with Gasteiger partial charge in [-0.15, -0.1) is 11.8 Å². The standard InChI is InChI=1S/C18H26BrN3O2S/c1-13(25-16-6-4-15(19)5-7-16)12-21-18(20-2)22-10-8-14(9-11-22)17(23)24-3/h4-7,13-14H,8-12H2,1-3H3,(H,20,21). The van der Waals surface area contributed by atoms with Crippen molar-refractivity contribution in [2.45, 2.75) is 29.9 Å². The molecule has 1 aliphatic rings. The zero-order valence-corrected chi connectivity index (χ0v) is 17.4. The molecule has 1 aromatic rings. The topological polar surface area (TPSA) is 53.9 Å². The Morgan fingerprint density at radius 2 is 2.04 bits per heavy atom. The molecule has 25 heavy (non-hydrogen) atoms. The van der Waals surface area contributed by atoms with E-state index in [2.05, 4.69) is 62.3 Å². The average molecular weight is 428 g/mol. The van der Waals surface area contributed by atoms with Crippen molar-refractivity contribution in [1.29, 1.82) is 0 Å². The van der Waals surface area contributed by atoms with Crippen molar-refractivity contribution in [3.8, 4) is 0 Å². The molecule has 5 nitrogen and oxygen atoms in total. The van der Waals surface area contributed by atoms with Crippen molar-refractivity contribution in [1.82, 2.24) is 10.2 Å². The number of methoxy groups -OCH3 is 1.